The maximum atomic E-state index is 12.1. The fraction of sp³-hybridized carbons (Fsp3) is 0.533. The second-order valence-electron chi connectivity index (χ2n) is 6.12. The summed E-state index contributed by atoms with van der Waals surface area (Å²) in [5.74, 6) is 0.724. The van der Waals surface area contributed by atoms with Crippen LogP contribution in [0, 0.1) is 5.92 Å². The van der Waals surface area contributed by atoms with Gasteiger partial charge in [-0.15, -0.1) is 0 Å². The normalized spacial score (nSPS) is 28.1. The molecule has 1 amide bonds. The lowest BCUT2D eigenvalue weighted by atomic mass is 10.0. The van der Waals surface area contributed by atoms with Gasteiger partial charge in [-0.1, -0.05) is 26.0 Å². The second kappa shape index (κ2) is 4.58. The molecule has 0 aliphatic carbocycles. The summed E-state index contributed by atoms with van der Waals surface area (Å²) >= 11 is 0. The van der Waals surface area contributed by atoms with E-state index in [-0.39, 0.29) is 29.4 Å². The Kier molecular flexibility index (Phi) is 3.12. The van der Waals surface area contributed by atoms with Crippen LogP contribution in [0.4, 0.5) is 5.69 Å². The Hall–Kier alpha value is -1.36. The number of amides is 1. The number of carbonyl (C=O) groups excluding carboxylic acids is 1. The Morgan fingerprint density at radius 3 is 2.40 bits per heavy atom. The minimum Gasteiger partial charge on any atom is -0.308 e. The van der Waals surface area contributed by atoms with E-state index in [2.05, 4.69) is 13.8 Å². The van der Waals surface area contributed by atoms with E-state index in [9.17, 15) is 13.2 Å². The standard InChI is InChI=1S/C15H19NO3S/c1-10(2)11-3-5-13(6-4-11)16-14-9-20(18,19)8-12(14)7-15(16)17/h3-6,10,12,14H,7-9H2,1-2H3/t12-,14+/m0/s1. The van der Waals surface area contributed by atoms with Crippen LogP contribution in [0.2, 0.25) is 0 Å². The molecular weight excluding hydrogens is 274 g/mol. The first-order valence-electron chi connectivity index (χ1n) is 7.00. The van der Waals surface area contributed by atoms with E-state index in [1.807, 2.05) is 24.3 Å². The fourth-order valence-electron chi connectivity index (χ4n) is 3.24. The summed E-state index contributed by atoms with van der Waals surface area (Å²) < 4.78 is 23.5. The van der Waals surface area contributed by atoms with Crippen LogP contribution in [-0.4, -0.2) is 31.9 Å². The largest absolute Gasteiger partial charge is 0.308 e. The summed E-state index contributed by atoms with van der Waals surface area (Å²) in [5, 5.41) is 0. The van der Waals surface area contributed by atoms with Gasteiger partial charge in [0.1, 0.15) is 0 Å². The minimum atomic E-state index is -2.99. The van der Waals surface area contributed by atoms with Gasteiger partial charge in [0.05, 0.1) is 17.5 Å². The second-order valence-corrected chi connectivity index (χ2v) is 8.27. The summed E-state index contributed by atoms with van der Waals surface area (Å²) in [4.78, 5) is 13.8. The SMILES string of the molecule is CC(C)c1ccc(N2C(=O)C[C@H]3CS(=O)(=O)C[C@H]32)cc1. The predicted molar refractivity (Wildman–Crippen MR) is 78.6 cm³/mol. The molecule has 2 fully saturated rings. The molecule has 0 saturated carbocycles. The van der Waals surface area contributed by atoms with Crippen LogP contribution in [0.3, 0.4) is 0 Å². The molecule has 0 bridgehead atoms. The summed E-state index contributed by atoms with van der Waals surface area (Å²) in [6, 6.07) is 7.73. The lowest BCUT2D eigenvalue weighted by molar-refractivity contribution is -0.117. The van der Waals surface area contributed by atoms with Gasteiger partial charge in [0.25, 0.3) is 0 Å². The molecule has 4 nitrogen and oxygen atoms in total. The van der Waals surface area contributed by atoms with Crippen molar-refractivity contribution in [2.75, 3.05) is 16.4 Å². The molecule has 5 heteroatoms. The van der Waals surface area contributed by atoms with Gasteiger partial charge in [0, 0.05) is 18.0 Å². The first kappa shape index (κ1) is 13.6. The number of fused-ring (bicyclic) bond motifs is 1. The molecular formula is C15H19NO3S. The number of carbonyl (C=O) groups is 1. The van der Waals surface area contributed by atoms with E-state index < -0.39 is 9.84 Å². The molecule has 1 aromatic rings. The van der Waals surface area contributed by atoms with Crippen molar-refractivity contribution in [3.8, 4) is 0 Å². The third kappa shape index (κ3) is 2.24. The molecule has 20 heavy (non-hydrogen) atoms. The van der Waals surface area contributed by atoms with Gasteiger partial charge >= 0.3 is 0 Å². The first-order valence-corrected chi connectivity index (χ1v) is 8.82. The molecule has 108 valence electrons. The van der Waals surface area contributed by atoms with Crippen LogP contribution in [-0.2, 0) is 14.6 Å². The highest BCUT2D eigenvalue weighted by Crippen LogP contribution is 2.37. The van der Waals surface area contributed by atoms with E-state index in [4.69, 9.17) is 0 Å². The number of rotatable bonds is 2. The van der Waals surface area contributed by atoms with Crippen molar-refractivity contribution >= 4 is 21.4 Å². The molecule has 2 aliphatic heterocycles. The number of sulfone groups is 1. The zero-order valence-electron chi connectivity index (χ0n) is 11.7. The zero-order chi connectivity index (χ0) is 14.5. The third-order valence-electron chi connectivity index (χ3n) is 4.31. The van der Waals surface area contributed by atoms with Crippen molar-refractivity contribution in [2.45, 2.75) is 32.2 Å². The Morgan fingerprint density at radius 1 is 1.15 bits per heavy atom. The highest BCUT2D eigenvalue weighted by atomic mass is 32.2. The van der Waals surface area contributed by atoms with Crippen molar-refractivity contribution in [1.29, 1.82) is 0 Å². The predicted octanol–water partition coefficient (Wildman–Crippen LogP) is 1.96. The molecule has 2 atom stereocenters. The van der Waals surface area contributed by atoms with E-state index in [1.165, 1.54) is 5.56 Å². The van der Waals surface area contributed by atoms with Gasteiger partial charge in [0.2, 0.25) is 5.91 Å². The lowest BCUT2D eigenvalue weighted by Crippen LogP contribution is -2.36. The molecule has 2 saturated heterocycles. The summed E-state index contributed by atoms with van der Waals surface area (Å²) in [6.07, 6.45) is 0.357. The lowest BCUT2D eigenvalue weighted by Gasteiger charge is -2.23. The van der Waals surface area contributed by atoms with Crippen LogP contribution in [0.15, 0.2) is 24.3 Å². The maximum absolute atomic E-state index is 12.1. The van der Waals surface area contributed by atoms with E-state index in [0.29, 0.717) is 12.3 Å². The van der Waals surface area contributed by atoms with Crippen LogP contribution in [0.25, 0.3) is 0 Å². The van der Waals surface area contributed by atoms with Crippen molar-refractivity contribution < 1.29 is 13.2 Å². The van der Waals surface area contributed by atoms with Gasteiger partial charge in [0.15, 0.2) is 9.84 Å². The van der Waals surface area contributed by atoms with Gasteiger partial charge in [-0.3, -0.25) is 4.79 Å². The van der Waals surface area contributed by atoms with Gasteiger partial charge in [-0.05, 0) is 23.6 Å². The van der Waals surface area contributed by atoms with Crippen LogP contribution in [0.1, 0.15) is 31.7 Å². The average molecular weight is 293 g/mol. The van der Waals surface area contributed by atoms with Crippen molar-refractivity contribution in [3.05, 3.63) is 29.8 Å². The van der Waals surface area contributed by atoms with Crippen molar-refractivity contribution in [1.82, 2.24) is 0 Å². The number of hydrogen-bond donors (Lipinski definition) is 0. The molecule has 1 aromatic carbocycles. The van der Waals surface area contributed by atoms with Crippen LogP contribution >= 0.6 is 0 Å². The quantitative estimate of drug-likeness (QED) is 0.837. The van der Waals surface area contributed by atoms with Crippen LogP contribution in [0.5, 0.6) is 0 Å². The molecule has 0 unspecified atom stereocenters. The number of hydrogen-bond acceptors (Lipinski definition) is 3. The van der Waals surface area contributed by atoms with Crippen molar-refractivity contribution in [3.63, 3.8) is 0 Å². The Balaban J connectivity index is 1.91. The molecule has 2 heterocycles. The molecule has 2 aliphatic rings. The smallest absolute Gasteiger partial charge is 0.227 e. The first-order chi connectivity index (χ1) is 9.37. The zero-order valence-corrected chi connectivity index (χ0v) is 12.6. The Labute approximate surface area is 119 Å². The van der Waals surface area contributed by atoms with Gasteiger partial charge in [-0.25, -0.2) is 8.42 Å². The highest BCUT2D eigenvalue weighted by molar-refractivity contribution is 7.91. The monoisotopic (exact) mass is 293 g/mol. The van der Waals surface area contributed by atoms with Crippen molar-refractivity contribution in [2.24, 2.45) is 5.92 Å². The molecule has 0 spiro atoms. The fourth-order valence-corrected chi connectivity index (χ4v) is 5.31. The molecule has 0 N–H and O–H groups in total. The third-order valence-corrected chi connectivity index (χ3v) is 6.10. The molecule has 3 rings (SSSR count). The Bertz CT molecular complexity index is 634. The molecule has 0 aromatic heterocycles. The Morgan fingerprint density at radius 2 is 1.80 bits per heavy atom. The topological polar surface area (TPSA) is 54.5 Å². The average Bonchev–Trinajstić information content (AvgIpc) is 2.79. The number of benzene rings is 1. The van der Waals surface area contributed by atoms with Crippen LogP contribution < -0.4 is 4.90 Å². The van der Waals surface area contributed by atoms with Gasteiger partial charge < -0.3 is 4.90 Å². The van der Waals surface area contributed by atoms with E-state index in [0.717, 1.165) is 5.69 Å². The minimum absolute atomic E-state index is 0.0303. The summed E-state index contributed by atoms with van der Waals surface area (Å²) in [6.45, 7) is 4.24. The summed E-state index contributed by atoms with van der Waals surface area (Å²) in [5.41, 5.74) is 2.04. The molecule has 0 radical (unpaired) electrons. The van der Waals surface area contributed by atoms with Gasteiger partial charge in [-0.2, -0.15) is 0 Å². The highest BCUT2D eigenvalue weighted by Gasteiger charge is 2.49. The van der Waals surface area contributed by atoms with E-state index in [1.54, 1.807) is 4.90 Å². The maximum Gasteiger partial charge on any atom is 0.227 e. The number of anilines is 1. The summed E-state index contributed by atoms with van der Waals surface area (Å²) in [7, 11) is -2.99. The van der Waals surface area contributed by atoms with E-state index >= 15 is 0 Å². The number of nitrogens with zero attached hydrogens (tertiary/aromatic N) is 1.